The summed E-state index contributed by atoms with van der Waals surface area (Å²) in [6, 6.07) is 2.06. The SMILES string of the molecule is CC1SCCCC1(O)Cc1sccc1Br. The van der Waals surface area contributed by atoms with Crippen LogP contribution < -0.4 is 0 Å². The highest BCUT2D eigenvalue weighted by molar-refractivity contribution is 9.10. The van der Waals surface area contributed by atoms with Crippen molar-refractivity contribution in [2.75, 3.05) is 5.75 Å². The molecule has 0 aliphatic carbocycles. The van der Waals surface area contributed by atoms with Crippen LogP contribution in [0, 0.1) is 0 Å². The third-order valence-electron chi connectivity index (χ3n) is 3.04. The maximum absolute atomic E-state index is 10.6. The van der Waals surface area contributed by atoms with Crippen LogP contribution >= 0.6 is 39.0 Å². The molecule has 1 saturated heterocycles. The lowest BCUT2D eigenvalue weighted by atomic mass is 9.89. The second-order valence-corrected chi connectivity index (χ2v) is 7.39. The predicted octanol–water partition coefficient (Wildman–Crippen LogP) is 3.70. The van der Waals surface area contributed by atoms with Gasteiger partial charge in [-0.25, -0.2) is 0 Å². The molecule has 0 radical (unpaired) electrons. The van der Waals surface area contributed by atoms with Gasteiger partial charge in [-0.05, 0) is 46.0 Å². The van der Waals surface area contributed by atoms with Gasteiger partial charge in [0.05, 0.1) is 5.60 Å². The van der Waals surface area contributed by atoms with Crippen molar-refractivity contribution in [3.8, 4) is 0 Å². The van der Waals surface area contributed by atoms with E-state index in [0.717, 1.165) is 23.7 Å². The molecule has 0 aromatic carbocycles. The van der Waals surface area contributed by atoms with E-state index in [2.05, 4.69) is 34.3 Å². The lowest BCUT2D eigenvalue weighted by molar-refractivity contribution is 0.0304. The number of thiophene rings is 1. The summed E-state index contributed by atoms with van der Waals surface area (Å²) >= 11 is 7.15. The molecule has 2 unspecified atom stereocenters. The van der Waals surface area contributed by atoms with Gasteiger partial charge in [0.1, 0.15) is 0 Å². The molecular weight excluding hydrogens is 292 g/mol. The molecule has 0 spiro atoms. The van der Waals surface area contributed by atoms with Gasteiger partial charge in [-0.1, -0.05) is 6.92 Å². The number of hydrogen-bond donors (Lipinski definition) is 1. The minimum Gasteiger partial charge on any atom is -0.388 e. The van der Waals surface area contributed by atoms with Crippen LogP contribution in [0.25, 0.3) is 0 Å². The summed E-state index contributed by atoms with van der Waals surface area (Å²) in [5.41, 5.74) is -0.504. The maximum Gasteiger partial charge on any atom is 0.0811 e. The van der Waals surface area contributed by atoms with Gasteiger partial charge in [-0.3, -0.25) is 0 Å². The van der Waals surface area contributed by atoms with Crippen molar-refractivity contribution < 1.29 is 5.11 Å². The van der Waals surface area contributed by atoms with Crippen LogP contribution in [0.15, 0.2) is 15.9 Å². The van der Waals surface area contributed by atoms with E-state index in [1.165, 1.54) is 10.6 Å². The van der Waals surface area contributed by atoms with Crippen LogP contribution in [0.4, 0.5) is 0 Å². The van der Waals surface area contributed by atoms with E-state index >= 15 is 0 Å². The summed E-state index contributed by atoms with van der Waals surface area (Å²) in [4.78, 5) is 1.27. The number of thioether (sulfide) groups is 1. The molecule has 0 bridgehead atoms. The molecule has 1 aromatic heterocycles. The Kier molecular flexibility index (Phi) is 3.81. The van der Waals surface area contributed by atoms with Gasteiger partial charge >= 0.3 is 0 Å². The van der Waals surface area contributed by atoms with Gasteiger partial charge in [0.2, 0.25) is 0 Å². The highest BCUT2D eigenvalue weighted by Crippen LogP contribution is 2.38. The molecule has 15 heavy (non-hydrogen) atoms. The van der Waals surface area contributed by atoms with Gasteiger partial charge in [0.15, 0.2) is 0 Å². The quantitative estimate of drug-likeness (QED) is 0.899. The zero-order valence-corrected chi connectivity index (χ0v) is 11.9. The van der Waals surface area contributed by atoms with Crippen molar-refractivity contribution in [1.82, 2.24) is 0 Å². The number of hydrogen-bond acceptors (Lipinski definition) is 3. The van der Waals surface area contributed by atoms with Gasteiger partial charge in [-0.15, -0.1) is 11.3 Å². The predicted molar refractivity (Wildman–Crippen MR) is 71.8 cm³/mol. The largest absolute Gasteiger partial charge is 0.388 e. The first kappa shape index (κ1) is 12.0. The summed E-state index contributed by atoms with van der Waals surface area (Å²) in [7, 11) is 0. The van der Waals surface area contributed by atoms with E-state index in [1.54, 1.807) is 11.3 Å². The smallest absolute Gasteiger partial charge is 0.0811 e. The maximum atomic E-state index is 10.6. The molecule has 1 fully saturated rings. The van der Waals surface area contributed by atoms with E-state index in [4.69, 9.17) is 0 Å². The molecule has 2 rings (SSSR count). The summed E-state index contributed by atoms with van der Waals surface area (Å²) in [6.07, 6.45) is 2.86. The van der Waals surface area contributed by atoms with Crippen molar-refractivity contribution in [2.24, 2.45) is 0 Å². The number of halogens is 1. The van der Waals surface area contributed by atoms with Gasteiger partial charge < -0.3 is 5.11 Å². The summed E-state index contributed by atoms with van der Waals surface area (Å²) in [5.74, 6) is 1.19. The van der Waals surface area contributed by atoms with Crippen LogP contribution in [0.2, 0.25) is 0 Å². The Hall–Kier alpha value is 0.490. The second-order valence-electron chi connectivity index (χ2n) is 4.09. The Morgan fingerprint density at radius 2 is 2.47 bits per heavy atom. The minimum atomic E-state index is -0.504. The fourth-order valence-electron chi connectivity index (χ4n) is 1.96. The molecule has 2 heterocycles. The topological polar surface area (TPSA) is 20.2 Å². The zero-order chi connectivity index (χ0) is 10.9. The Morgan fingerprint density at radius 1 is 1.67 bits per heavy atom. The molecular formula is C11H15BrOS2. The molecule has 1 aliphatic rings. The molecule has 0 saturated carbocycles. The monoisotopic (exact) mass is 306 g/mol. The van der Waals surface area contributed by atoms with Crippen LogP contribution in [0.3, 0.4) is 0 Å². The van der Waals surface area contributed by atoms with E-state index < -0.39 is 5.60 Å². The number of rotatable bonds is 2. The molecule has 84 valence electrons. The molecule has 1 aliphatic heterocycles. The van der Waals surface area contributed by atoms with E-state index in [0.29, 0.717) is 5.25 Å². The van der Waals surface area contributed by atoms with Crippen molar-refractivity contribution in [1.29, 1.82) is 0 Å². The lowest BCUT2D eigenvalue weighted by Crippen LogP contribution is -2.43. The third kappa shape index (κ3) is 2.60. The highest BCUT2D eigenvalue weighted by atomic mass is 79.9. The molecule has 1 N–H and O–H groups in total. The van der Waals surface area contributed by atoms with Gasteiger partial charge in [0, 0.05) is 21.0 Å². The van der Waals surface area contributed by atoms with Crippen molar-refractivity contribution in [2.45, 2.75) is 37.0 Å². The average molecular weight is 307 g/mol. The van der Waals surface area contributed by atoms with Gasteiger partial charge in [-0.2, -0.15) is 11.8 Å². The Labute approximate surface area is 107 Å². The Bertz CT molecular complexity index is 339. The van der Waals surface area contributed by atoms with Crippen LogP contribution in [0.5, 0.6) is 0 Å². The normalized spacial score (nSPS) is 31.8. The van der Waals surface area contributed by atoms with Crippen molar-refractivity contribution in [3.05, 3.63) is 20.8 Å². The summed E-state index contributed by atoms with van der Waals surface area (Å²) in [6.45, 7) is 2.14. The molecule has 4 heteroatoms. The summed E-state index contributed by atoms with van der Waals surface area (Å²) < 4.78 is 1.14. The van der Waals surface area contributed by atoms with Crippen LogP contribution in [-0.2, 0) is 6.42 Å². The third-order valence-corrected chi connectivity index (χ3v) is 6.43. The van der Waals surface area contributed by atoms with Crippen LogP contribution in [-0.4, -0.2) is 21.7 Å². The lowest BCUT2D eigenvalue weighted by Gasteiger charge is -2.37. The van der Waals surface area contributed by atoms with Crippen molar-refractivity contribution >= 4 is 39.0 Å². The molecule has 0 amide bonds. The van der Waals surface area contributed by atoms with E-state index in [1.807, 2.05) is 11.8 Å². The first-order valence-electron chi connectivity index (χ1n) is 5.18. The fraction of sp³-hybridized carbons (Fsp3) is 0.636. The average Bonchev–Trinajstić information content (AvgIpc) is 2.58. The first-order valence-corrected chi connectivity index (χ1v) is 7.90. The highest BCUT2D eigenvalue weighted by Gasteiger charge is 2.37. The minimum absolute atomic E-state index is 0.347. The van der Waals surface area contributed by atoms with Crippen molar-refractivity contribution in [3.63, 3.8) is 0 Å². The number of aliphatic hydroxyl groups is 1. The van der Waals surface area contributed by atoms with Gasteiger partial charge in [0.25, 0.3) is 0 Å². The zero-order valence-electron chi connectivity index (χ0n) is 8.70. The Balaban J connectivity index is 2.12. The standard InChI is InChI=1S/C11H15BrOS2/c1-8-11(13,4-2-5-14-8)7-10-9(12)3-6-15-10/h3,6,8,13H,2,4-5,7H2,1H3. The fourth-order valence-corrected chi connectivity index (χ4v) is 4.74. The first-order chi connectivity index (χ1) is 7.12. The van der Waals surface area contributed by atoms with E-state index in [-0.39, 0.29) is 0 Å². The summed E-state index contributed by atoms with van der Waals surface area (Å²) in [5, 5.41) is 13.0. The Morgan fingerprint density at radius 3 is 3.07 bits per heavy atom. The molecule has 2 atom stereocenters. The van der Waals surface area contributed by atoms with E-state index in [9.17, 15) is 5.11 Å². The van der Waals surface area contributed by atoms with Crippen LogP contribution in [0.1, 0.15) is 24.6 Å². The molecule has 1 aromatic rings. The molecule has 1 nitrogen and oxygen atoms in total. The second kappa shape index (κ2) is 4.78.